The van der Waals surface area contributed by atoms with Crippen molar-refractivity contribution in [3.8, 4) is 0 Å². The summed E-state index contributed by atoms with van der Waals surface area (Å²) in [6, 6.07) is 0. The number of hydrogen-bond donors (Lipinski definition) is 0. The SMILES string of the molecule is CCCCCCCCCCOCCCCCCCCCC(Cl)Cl. The molecular formula is C20H40Cl2O. The van der Waals surface area contributed by atoms with E-state index < -0.39 is 0 Å². The largest absolute Gasteiger partial charge is 0.381 e. The van der Waals surface area contributed by atoms with Gasteiger partial charge < -0.3 is 4.74 Å². The molecule has 0 heterocycles. The lowest BCUT2D eigenvalue weighted by atomic mass is 10.1. The predicted octanol–water partition coefficient (Wildman–Crippen LogP) is 8.07. The highest BCUT2D eigenvalue weighted by Gasteiger charge is 1.98. The zero-order valence-corrected chi connectivity index (χ0v) is 17.0. The van der Waals surface area contributed by atoms with Gasteiger partial charge in [-0.25, -0.2) is 0 Å². The molecule has 0 bridgehead atoms. The van der Waals surface area contributed by atoms with Crippen LogP contribution in [0.4, 0.5) is 0 Å². The second kappa shape index (κ2) is 20.6. The summed E-state index contributed by atoms with van der Waals surface area (Å²) < 4.78 is 5.72. The summed E-state index contributed by atoms with van der Waals surface area (Å²) in [6.45, 7) is 4.19. The predicted molar refractivity (Wildman–Crippen MR) is 106 cm³/mol. The van der Waals surface area contributed by atoms with Crippen LogP contribution in [-0.4, -0.2) is 18.1 Å². The van der Waals surface area contributed by atoms with Crippen molar-refractivity contribution in [1.82, 2.24) is 0 Å². The van der Waals surface area contributed by atoms with E-state index in [1.807, 2.05) is 0 Å². The number of unbranched alkanes of at least 4 members (excludes halogenated alkanes) is 13. The first-order valence-corrected chi connectivity index (χ1v) is 11.0. The van der Waals surface area contributed by atoms with Crippen LogP contribution in [-0.2, 0) is 4.74 Å². The van der Waals surface area contributed by atoms with Crippen molar-refractivity contribution < 1.29 is 4.74 Å². The van der Waals surface area contributed by atoms with E-state index in [-0.39, 0.29) is 4.84 Å². The molecule has 0 spiro atoms. The highest BCUT2D eigenvalue weighted by Crippen LogP contribution is 2.14. The van der Waals surface area contributed by atoms with Crippen LogP contribution in [0.25, 0.3) is 0 Å². The van der Waals surface area contributed by atoms with Gasteiger partial charge in [0, 0.05) is 13.2 Å². The molecule has 0 aliphatic carbocycles. The van der Waals surface area contributed by atoms with Crippen molar-refractivity contribution in [2.24, 2.45) is 0 Å². The Labute approximate surface area is 155 Å². The highest BCUT2D eigenvalue weighted by molar-refractivity contribution is 6.44. The second-order valence-electron chi connectivity index (χ2n) is 6.74. The van der Waals surface area contributed by atoms with Crippen LogP contribution in [0.2, 0.25) is 0 Å². The molecule has 0 amide bonds. The van der Waals surface area contributed by atoms with Gasteiger partial charge in [-0.15, -0.1) is 23.2 Å². The average molecular weight is 367 g/mol. The Balaban J connectivity index is 2.95. The smallest absolute Gasteiger partial charge is 0.107 e. The molecule has 1 nitrogen and oxygen atoms in total. The van der Waals surface area contributed by atoms with Gasteiger partial charge in [-0.05, 0) is 19.3 Å². The summed E-state index contributed by atoms with van der Waals surface area (Å²) >= 11 is 11.4. The minimum atomic E-state index is -0.173. The minimum Gasteiger partial charge on any atom is -0.381 e. The first-order chi connectivity index (χ1) is 11.3. The Morgan fingerprint density at radius 2 is 0.957 bits per heavy atom. The van der Waals surface area contributed by atoms with Crippen molar-refractivity contribution in [2.75, 3.05) is 13.2 Å². The van der Waals surface area contributed by atoms with Crippen molar-refractivity contribution >= 4 is 23.2 Å². The molecule has 0 N–H and O–H groups in total. The molecule has 0 unspecified atom stereocenters. The molecule has 0 saturated heterocycles. The summed E-state index contributed by atoms with van der Waals surface area (Å²) in [6.07, 6.45) is 20.9. The summed E-state index contributed by atoms with van der Waals surface area (Å²) in [7, 11) is 0. The molecule has 0 rings (SSSR count). The van der Waals surface area contributed by atoms with E-state index in [0.717, 1.165) is 19.6 Å². The molecule has 0 aliphatic rings. The van der Waals surface area contributed by atoms with Gasteiger partial charge in [0.05, 0.1) is 0 Å². The molecule has 3 heteroatoms. The maximum Gasteiger partial charge on any atom is 0.107 e. The van der Waals surface area contributed by atoms with Crippen LogP contribution in [0.5, 0.6) is 0 Å². The lowest BCUT2D eigenvalue weighted by Gasteiger charge is -2.05. The van der Waals surface area contributed by atoms with Crippen molar-refractivity contribution in [3.05, 3.63) is 0 Å². The fraction of sp³-hybridized carbons (Fsp3) is 1.00. The first-order valence-electron chi connectivity index (χ1n) is 10.1. The third-order valence-corrected chi connectivity index (χ3v) is 4.79. The van der Waals surface area contributed by atoms with Gasteiger partial charge in [0.1, 0.15) is 4.84 Å². The van der Waals surface area contributed by atoms with E-state index in [1.165, 1.54) is 96.3 Å². The highest BCUT2D eigenvalue weighted by atomic mass is 35.5. The fourth-order valence-corrected chi connectivity index (χ4v) is 3.14. The zero-order valence-electron chi connectivity index (χ0n) is 15.5. The van der Waals surface area contributed by atoms with Crippen LogP contribution in [0, 0.1) is 0 Å². The maximum atomic E-state index is 5.72. The molecule has 0 fully saturated rings. The normalized spacial score (nSPS) is 11.5. The Bertz CT molecular complexity index is 210. The van der Waals surface area contributed by atoms with Crippen LogP contribution < -0.4 is 0 Å². The Kier molecular flexibility index (Phi) is 21.1. The summed E-state index contributed by atoms with van der Waals surface area (Å²) in [5.74, 6) is 0. The van der Waals surface area contributed by atoms with Gasteiger partial charge in [0.2, 0.25) is 0 Å². The monoisotopic (exact) mass is 366 g/mol. The number of halogens is 2. The Morgan fingerprint density at radius 1 is 0.565 bits per heavy atom. The molecule has 0 aromatic carbocycles. The van der Waals surface area contributed by atoms with Crippen molar-refractivity contribution in [3.63, 3.8) is 0 Å². The van der Waals surface area contributed by atoms with E-state index in [4.69, 9.17) is 27.9 Å². The van der Waals surface area contributed by atoms with Gasteiger partial charge in [-0.2, -0.15) is 0 Å². The van der Waals surface area contributed by atoms with Crippen LogP contribution in [0.15, 0.2) is 0 Å². The molecule has 0 aliphatic heterocycles. The lowest BCUT2D eigenvalue weighted by molar-refractivity contribution is 0.125. The Hall–Kier alpha value is 0.540. The number of alkyl halides is 2. The first kappa shape index (κ1) is 23.5. The molecule has 0 atom stereocenters. The summed E-state index contributed by atoms with van der Waals surface area (Å²) in [4.78, 5) is -0.173. The van der Waals surface area contributed by atoms with Crippen molar-refractivity contribution in [2.45, 2.75) is 114 Å². The second-order valence-corrected chi connectivity index (χ2v) is 8.02. The topological polar surface area (TPSA) is 9.23 Å². The van der Waals surface area contributed by atoms with E-state index in [9.17, 15) is 0 Å². The van der Waals surface area contributed by atoms with Crippen LogP contribution in [0.1, 0.15) is 110 Å². The third-order valence-electron chi connectivity index (χ3n) is 4.35. The number of ether oxygens (including phenoxy) is 1. The minimum absolute atomic E-state index is 0.173. The summed E-state index contributed by atoms with van der Waals surface area (Å²) in [5.41, 5.74) is 0. The molecule has 23 heavy (non-hydrogen) atoms. The lowest BCUT2D eigenvalue weighted by Crippen LogP contribution is -1.97. The molecule has 140 valence electrons. The zero-order chi connectivity index (χ0) is 17.0. The standard InChI is InChI=1S/C20H40Cl2O/c1-2-3-4-5-6-9-12-15-18-23-19-16-13-10-7-8-11-14-17-20(21)22/h20H,2-19H2,1H3. The molecule has 0 saturated carbocycles. The van der Waals surface area contributed by atoms with E-state index >= 15 is 0 Å². The molecular weight excluding hydrogens is 327 g/mol. The molecule has 0 aromatic heterocycles. The van der Waals surface area contributed by atoms with Gasteiger partial charge in [-0.3, -0.25) is 0 Å². The molecule has 0 radical (unpaired) electrons. The van der Waals surface area contributed by atoms with E-state index in [0.29, 0.717) is 0 Å². The van der Waals surface area contributed by atoms with Gasteiger partial charge in [0.15, 0.2) is 0 Å². The quantitative estimate of drug-likeness (QED) is 0.166. The summed E-state index contributed by atoms with van der Waals surface area (Å²) in [5, 5.41) is 0. The Morgan fingerprint density at radius 3 is 1.39 bits per heavy atom. The number of rotatable bonds is 19. The van der Waals surface area contributed by atoms with Gasteiger partial charge in [0.25, 0.3) is 0 Å². The fourth-order valence-electron chi connectivity index (χ4n) is 2.83. The number of hydrogen-bond acceptors (Lipinski definition) is 1. The van der Waals surface area contributed by atoms with Crippen molar-refractivity contribution in [1.29, 1.82) is 0 Å². The van der Waals surface area contributed by atoms with E-state index in [2.05, 4.69) is 6.92 Å². The molecule has 0 aromatic rings. The maximum absolute atomic E-state index is 5.72. The van der Waals surface area contributed by atoms with Gasteiger partial charge >= 0.3 is 0 Å². The third kappa shape index (κ3) is 22.5. The van der Waals surface area contributed by atoms with E-state index in [1.54, 1.807) is 0 Å². The van der Waals surface area contributed by atoms with Crippen LogP contribution >= 0.6 is 23.2 Å². The van der Waals surface area contributed by atoms with Crippen LogP contribution in [0.3, 0.4) is 0 Å². The average Bonchev–Trinajstić information content (AvgIpc) is 2.53. The van der Waals surface area contributed by atoms with Gasteiger partial charge in [-0.1, -0.05) is 90.4 Å².